The van der Waals surface area contributed by atoms with Crippen molar-refractivity contribution in [2.75, 3.05) is 38.2 Å². The second-order valence-corrected chi connectivity index (χ2v) is 12.6. The first-order valence-corrected chi connectivity index (χ1v) is 11.2. The first-order chi connectivity index (χ1) is 10.2. The van der Waals surface area contributed by atoms with Gasteiger partial charge in [0.15, 0.2) is 25.6 Å². The minimum atomic E-state index is -3.23. The van der Waals surface area contributed by atoms with Crippen LogP contribution in [0.2, 0.25) is 0 Å². The molecule has 1 saturated heterocycles. The van der Waals surface area contributed by atoms with Crippen LogP contribution in [0.25, 0.3) is 0 Å². The predicted molar refractivity (Wildman–Crippen MR) is 94.3 cm³/mol. The van der Waals surface area contributed by atoms with Crippen molar-refractivity contribution in [1.82, 2.24) is 10.2 Å². The third kappa shape index (κ3) is 4.59. The SMILES string of the molecule is CCNC(=NCC(C)(C)S(C)(=O)=O)N1CCS(=O)(=O)C(C)(C)C1. The maximum absolute atomic E-state index is 12.1. The molecule has 7 nitrogen and oxygen atoms in total. The molecule has 0 unspecified atom stereocenters. The van der Waals surface area contributed by atoms with Gasteiger partial charge in [-0.25, -0.2) is 16.8 Å². The molecule has 9 heteroatoms. The smallest absolute Gasteiger partial charge is 0.194 e. The van der Waals surface area contributed by atoms with Gasteiger partial charge in [0, 0.05) is 25.9 Å². The van der Waals surface area contributed by atoms with Gasteiger partial charge < -0.3 is 10.2 Å². The van der Waals surface area contributed by atoms with Crippen molar-refractivity contribution < 1.29 is 16.8 Å². The third-order valence-electron chi connectivity index (χ3n) is 4.29. The molecule has 0 spiro atoms. The minimum absolute atomic E-state index is 0.0693. The molecule has 0 bridgehead atoms. The Morgan fingerprint density at radius 3 is 2.35 bits per heavy atom. The van der Waals surface area contributed by atoms with E-state index in [-0.39, 0.29) is 12.3 Å². The summed E-state index contributed by atoms with van der Waals surface area (Å²) in [7, 11) is -6.36. The molecule has 23 heavy (non-hydrogen) atoms. The topological polar surface area (TPSA) is 95.9 Å². The maximum Gasteiger partial charge on any atom is 0.194 e. The molecule has 1 N–H and O–H groups in total. The predicted octanol–water partition coefficient (Wildman–Crippen LogP) is 0.284. The highest BCUT2D eigenvalue weighted by Gasteiger charge is 2.41. The van der Waals surface area contributed by atoms with E-state index in [0.29, 0.717) is 25.6 Å². The van der Waals surface area contributed by atoms with Gasteiger partial charge >= 0.3 is 0 Å². The molecule has 0 radical (unpaired) electrons. The number of hydrogen-bond donors (Lipinski definition) is 1. The lowest BCUT2D eigenvalue weighted by molar-refractivity contribution is 0.353. The summed E-state index contributed by atoms with van der Waals surface area (Å²) in [6.45, 7) is 10.1. The van der Waals surface area contributed by atoms with Gasteiger partial charge in [0.2, 0.25) is 0 Å². The Hall–Kier alpha value is -0.830. The Bertz CT molecular complexity index is 664. The number of hydrogen-bond acceptors (Lipinski definition) is 5. The van der Waals surface area contributed by atoms with Gasteiger partial charge in [-0.15, -0.1) is 0 Å². The van der Waals surface area contributed by atoms with Crippen LogP contribution in [0.1, 0.15) is 34.6 Å². The molecule has 136 valence electrons. The zero-order valence-corrected chi connectivity index (χ0v) is 16.5. The summed E-state index contributed by atoms with van der Waals surface area (Å²) >= 11 is 0. The van der Waals surface area contributed by atoms with E-state index in [4.69, 9.17) is 0 Å². The van der Waals surface area contributed by atoms with Crippen molar-refractivity contribution in [3.05, 3.63) is 0 Å². The summed E-state index contributed by atoms with van der Waals surface area (Å²) in [5.41, 5.74) is 0. The lowest BCUT2D eigenvalue weighted by Crippen LogP contribution is -2.57. The van der Waals surface area contributed by atoms with Gasteiger partial charge in [-0.2, -0.15) is 0 Å². The Morgan fingerprint density at radius 1 is 1.35 bits per heavy atom. The van der Waals surface area contributed by atoms with Crippen molar-refractivity contribution >= 4 is 25.6 Å². The molecule has 1 aliphatic rings. The largest absolute Gasteiger partial charge is 0.357 e. The Labute approximate surface area is 140 Å². The van der Waals surface area contributed by atoms with Crippen LogP contribution in [-0.2, 0) is 19.7 Å². The van der Waals surface area contributed by atoms with Crippen LogP contribution in [0.5, 0.6) is 0 Å². The molecule has 1 rings (SSSR count). The number of rotatable bonds is 4. The summed E-state index contributed by atoms with van der Waals surface area (Å²) in [5.74, 6) is 0.632. The van der Waals surface area contributed by atoms with Crippen LogP contribution in [0.3, 0.4) is 0 Å². The molecule has 0 aromatic rings. The quantitative estimate of drug-likeness (QED) is 0.566. The first-order valence-electron chi connectivity index (χ1n) is 7.69. The Morgan fingerprint density at radius 2 is 1.91 bits per heavy atom. The van der Waals surface area contributed by atoms with E-state index in [1.807, 2.05) is 11.8 Å². The average Bonchev–Trinajstić information content (AvgIpc) is 2.36. The minimum Gasteiger partial charge on any atom is -0.357 e. The molecule has 0 atom stereocenters. The molecular formula is C14H29N3O4S2. The van der Waals surface area contributed by atoms with Crippen molar-refractivity contribution in [3.63, 3.8) is 0 Å². The normalized spacial score (nSPS) is 22.0. The van der Waals surface area contributed by atoms with Crippen molar-refractivity contribution in [1.29, 1.82) is 0 Å². The van der Waals surface area contributed by atoms with Crippen molar-refractivity contribution in [2.45, 2.75) is 44.1 Å². The second kappa shape index (κ2) is 6.58. The highest BCUT2D eigenvalue weighted by Crippen LogP contribution is 2.24. The third-order valence-corrected chi connectivity index (χ3v) is 8.96. The summed E-state index contributed by atoms with van der Waals surface area (Å²) in [6.07, 6.45) is 1.20. The molecule has 0 amide bonds. The van der Waals surface area contributed by atoms with E-state index >= 15 is 0 Å². The number of aliphatic imine (C=N–C) groups is 1. The van der Waals surface area contributed by atoms with Crippen molar-refractivity contribution in [3.8, 4) is 0 Å². The number of sulfone groups is 2. The first kappa shape index (κ1) is 20.2. The molecule has 1 fully saturated rings. The van der Waals surface area contributed by atoms with Crippen LogP contribution in [0.4, 0.5) is 0 Å². The van der Waals surface area contributed by atoms with Crippen LogP contribution in [0, 0.1) is 0 Å². The molecule has 0 aromatic carbocycles. The van der Waals surface area contributed by atoms with Gasteiger partial charge in [0.05, 0.1) is 21.8 Å². The second-order valence-electron chi connectivity index (χ2n) is 7.20. The zero-order valence-electron chi connectivity index (χ0n) is 14.9. The van der Waals surface area contributed by atoms with Gasteiger partial charge in [0.25, 0.3) is 0 Å². The number of nitrogens with one attached hydrogen (secondary N) is 1. The van der Waals surface area contributed by atoms with E-state index in [2.05, 4.69) is 10.3 Å². The highest BCUT2D eigenvalue weighted by atomic mass is 32.2. The average molecular weight is 368 g/mol. The molecule has 1 heterocycles. The van der Waals surface area contributed by atoms with Crippen LogP contribution < -0.4 is 5.32 Å². The lowest BCUT2D eigenvalue weighted by atomic mass is 10.2. The van der Waals surface area contributed by atoms with Crippen molar-refractivity contribution in [2.24, 2.45) is 4.99 Å². The molecule has 0 aliphatic carbocycles. The van der Waals surface area contributed by atoms with Crippen LogP contribution in [-0.4, -0.2) is 75.4 Å². The Kier molecular flexibility index (Phi) is 5.79. The molecule has 1 aliphatic heterocycles. The molecule has 0 aromatic heterocycles. The van der Waals surface area contributed by atoms with E-state index in [9.17, 15) is 16.8 Å². The van der Waals surface area contributed by atoms with Gasteiger partial charge in [-0.3, -0.25) is 4.99 Å². The number of nitrogens with zero attached hydrogens (tertiary/aromatic N) is 2. The van der Waals surface area contributed by atoms with E-state index in [1.54, 1.807) is 27.7 Å². The summed E-state index contributed by atoms with van der Waals surface area (Å²) < 4.78 is 46.0. The summed E-state index contributed by atoms with van der Waals surface area (Å²) in [6, 6.07) is 0. The van der Waals surface area contributed by atoms with E-state index in [0.717, 1.165) is 0 Å². The van der Waals surface area contributed by atoms with Crippen LogP contribution >= 0.6 is 0 Å². The standard InChI is InChI=1S/C14H29N3O4S2/c1-7-15-12(16-10-13(2,3)22(6,18)19)17-8-9-23(20,21)14(4,5)11-17/h7-11H2,1-6H3,(H,15,16). The van der Waals surface area contributed by atoms with E-state index < -0.39 is 29.2 Å². The fourth-order valence-corrected chi connectivity index (χ4v) is 3.80. The lowest BCUT2D eigenvalue weighted by Gasteiger charge is -2.39. The number of guanidine groups is 1. The molecule has 0 saturated carbocycles. The van der Waals surface area contributed by atoms with Crippen LogP contribution in [0.15, 0.2) is 4.99 Å². The van der Waals surface area contributed by atoms with Gasteiger partial charge in [-0.05, 0) is 34.6 Å². The van der Waals surface area contributed by atoms with Gasteiger partial charge in [-0.1, -0.05) is 0 Å². The van der Waals surface area contributed by atoms with Gasteiger partial charge in [0.1, 0.15) is 0 Å². The zero-order chi connectivity index (χ0) is 18.1. The fraction of sp³-hybridized carbons (Fsp3) is 0.929. The monoisotopic (exact) mass is 367 g/mol. The summed E-state index contributed by atoms with van der Waals surface area (Å²) in [5, 5.41) is 3.13. The van der Waals surface area contributed by atoms with E-state index in [1.165, 1.54) is 6.26 Å². The molecular weight excluding hydrogens is 338 g/mol. The maximum atomic E-state index is 12.1. The Balaban J connectivity index is 3.02. The summed E-state index contributed by atoms with van der Waals surface area (Å²) in [4.78, 5) is 6.34. The highest BCUT2D eigenvalue weighted by molar-refractivity contribution is 7.92. The fourth-order valence-electron chi connectivity index (χ4n) is 2.13.